The van der Waals surface area contributed by atoms with Crippen LogP contribution in [-0.4, -0.2) is 34.1 Å². The van der Waals surface area contributed by atoms with Crippen LogP contribution in [0.5, 0.6) is 0 Å². The lowest BCUT2D eigenvalue weighted by atomic mass is 9.74. The Labute approximate surface area is 154 Å². The van der Waals surface area contributed by atoms with Gasteiger partial charge >= 0.3 is 5.82 Å². The Morgan fingerprint density at radius 1 is 1.22 bits per heavy atom. The van der Waals surface area contributed by atoms with E-state index in [-0.39, 0.29) is 22.9 Å². The lowest BCUT2D eigenvalue weighted by Crippen LogP contribution is -2.40. The molecule has 27 heavy (non-hydrogen) atoms. The average Bonchev–Trinajstić information content (AvgIpc) is 3.06. The van der Waals surface area contributed by atoms with Crippen molar-refractivity contribution in [3.05, 3.63) is 70.2 Å². The van der Waals surface area contributed by atoms with Crippen LogP contribution in [0.4, 0.5) is 16.0 Å². The van der Waals surface area contributed by atoms with Gasteiger partial charge in [0.1, 0.15) is 5.82 Å². The Bertz CT molecular complexity index is 965. The number of imidazole rings is 1. The van der Waals surface area contributed by atoms with Crippen molar-refractivity contribution in [3.8, 4) is 0 Å². The van der Waals surface area contributed by atoms with E-state index in [1.54, 1.807) is 36.5 Å². The zero-order valence-corrected chi connectivity index (χ0v) is 14.6. The molecule has 0 saturated carbocycles. The molecule has 1 aromatic carbocycles. The summed E-state index contributed by atoms with van der Waals surface area (Å²) in [5.74, 6) is -0.143. The van der Waals surface area contributed by atoms with Crippen molar-refractivity contribution < 1.29 is 14.1 Å². The lowest BCUT2D eigenvalue weighted by Gasteiger charge is -2.38. The van der Waals surface area contributed by atoms with Gasteiger partial charge in [-0.3, -0.25) is 0 Å². The lowest BCUT2D eigenvalue weighted by molar-refractivity contribution is -0.389. The van der Waals surface area contributed by atoms with Gasteiger partial charge in [-0.2, -0.15) is 9.38 Å². The topological polar surface area (TPSA) is 81.7 Å². The van der Waals surface area contributed by atoms with Gasteiger partial charge in [-0.25, -0.2) is 4.39 Å². The molecule has 0 atom stereocenters. The molecule has 0 aliphatic carbocycles. The zero-order valence-electron chi connectivity index (χ0n) is 14.6. The summed E-state index contributed by atoms with van der Waals surface area (Å²) in [5, 5.41) is 14.8. The summed E-state index contributed by atoms with van der Waals surface area (Å²) in [6.07, 6.45) is 3.11. The molecule has 1 aliphatic rings. The number of nitrogens with one attached hydrogen (secondary N) is 1. The van der Waals surface area contributed by atoms with Crippen molar-refractivity contribution in [3.63, 3.8) is 0 Å². The molecule has 1 aliphatic heterocycles. The molecule has 0 bridgehead atoms. The van der Waals surface area contributed by atoms with Crippen molar-refractivity contribution >= 4 is 17.3 Å². The maximum absolute atomic E-state index is 13.4. The first-order chi connectivity index (χ1) is 13.1. The van der Waals surface area contributed by atoms with Crippen LogP contribution in [0.25, 0.3) is 5.65 Å². The molecule has 0 radical (unpaired) electrons. The van der Waals surface area contributed by atoms with Crippen LogP contribution < -0.4 is 5.32 Å². The number of nitro groups is 1. The fourth-order valence-electron chi connectivity index (χ4n) is 3.66. The molecule has 140 valence electrons. The third-order valence-electron chi connectivity index (χ3n) is 5.18. The number of rotatable bonds is 5. The summed E-state index contributed by atoms with van der Waals surface area (Å²) in [6.45, 7) is 1.63. The Balaban J connectivity index is 1.67. The number of pyridine rings is 1. The second-order valence-corrected chi connectivity index (χ2v) is 6.72. The molecule has 3 aromatic rings. The predicted octanol–water partition coefficient (Wildman–Crippen LogP) is 3.54. The van der Waals surface area contributed by atoms with Gasteiger partial charge in [0.15, 0.2) is 0 Å². The molecular weight excluding hydrogens is 351 g/mol. The molecule has 1 N–H and O–H groups in total. The van der Waals surface area contributed by atoms with Gasteiger partial charge in [0.25, 0.3) is 0 Å². The Morgan fingerprint density at radius 2 is 1.96 bits per heavy atom. The van der Waals surface area contributed by atoms with E-state index in [4.69, 9.17) is 4.74 Å². The van der Waals surface area contributed by atoms with Crippen LogP contribution in [0.3, 0.4) is 0 Å². The molecule has 0 unspecified atom stereocenters. The molecule has 1 fully saturated rings. The van der Waals surface area contributed by atoms with Crippen molar-refractivity contribution in [2.24, 2.45) is 0 Å². The van der Waals surface area contributed by atoms with Crippen LogP contribution in [0.15, 0.2) is 48.7 Å². The monoisotopic (exact) mass is 370 g/mol. The van der Waals surface area contributed by atoms with Crippen LogP contribution in [0, 0.1) is 15.9 Å². The van der Waals surface area contributed by atoms with E-state index < -0.39 is 4.92 Å². The first kappa shape index (κ1) is 17.4. The summed E-state index contributed by atoms with van der Waals surface area (Å²) in [5.41, 5.74) is 1.20. The van der Waals surface area contributed by atoms with Gasteiger partial charge in [-0.05, 0) is 41.5 Å². The van der Waals surface area contributed by atoms with E-state index in [0.29, 0.717) is 25.4 Å². The molecule has 3 heterocycles. The number of nitrogens with zero attached hydrogens (tertiary/aromatic N) is 3. The van der Waals surface area contributed by atoms with E-state index in [9.17, 15) is 14.5 Å². The molecule has 8 heteroatoms. The van der Waals surface area contributed by atoms with E-state index >= 15 is 0 Å². The van der Waals surface area contributed by atoms with Gasteiger partial charge in [0.2, 0.25) is 11.5 Å². The quantitative estimate of drug-likeness (QED) is 0.549. The van der Waals surface area contributed by atoms with Gasteiger partial charge < -0.3 is 20.2 Å². The molecule has 4 rings (SSSR count). The van der Waals surface area contributed by atoms with Crippen LogP contribution in [0.1, 0.15) is 18.4 Å². The summed E-state index contributed by atoms with van der Waals surface area (Å²) in [6, 6.07) is 11.7. The van der Waals surface area contributed by atoms with Crippen molar-refractivity contribution in [1.29, 1.82) is 0 Å². The highest BCUT2D eigenvalue weighted by molar-refractivity contribution is 5.62. The SMILES string of the molecule is O=[N+]([O-])c1c(NCC2(c3ccc(F)cc3)CCOCC2)nc2ccccn12. The highest BCUT2D eigenvalue weighted by atomic mass is 19.1. The maximum atomic E-state index is 13.4. The Hall–Kier alpha value is -3.00. The molecule has 2 aromatic heterocycles. The number of anilines is 1. The number of hydrogen-bond donors (Lipinski definition) is 1. The third kappa shape index (κ3) is 3.23. The number of hydrogen-bond acceptors (Lipinski definition) is 5. The molecule has 7 nitrogen and oxygen atoms in total. The fraction of sp³-hybridized carbons (Fsp3) is 0.316. The summed E-state index contributed by atoms with van der Waals surface area (Å²) >= 11 is 0. The van der Waals surface area contributed by atoms with Crippen LogP contribution in [0.2, 0.25) is 0 Å². The Morgan fingerprint density at radius 3 is 2.67 bits per heavy atom. The average molecular weight is 370 g/mol. The molecule has 0 spiro atoms. The second kappa shape index (κ2) is 6.96. The predicted molar refractivity (Wildman–Crippen MR) is 98.5 cm³/mol. The number of halogens is 1. The molecular formula is C19H19FN4O3. The molecule has 0 amide bonds. The molecule has 1 saturated heterocycles. The van der Waals surface area contributed by atoms with Crippen LogP contribution >= 0.6 is 0 Å². The van der Waals surface area contributed by atoms with Gasteiger partial charge in [-0.1, -0.05) is 18.2 Å². The van der Waals surface area contributed by atoms with Crippen molar-refractivity contribution in [2.75, 3.05) is 25.1 Å². The fourth-order valence-corrected chi connectivity index (χ4v) is 3.66. The third-order valence-corrected chi connectivity index (χ3v) is 5.18. The second-order valence-electron chi connectivity index (χ2n) is 6.72. The van der Waals surface area contributed by atoms with Gasteiger partial charge in [0, 0.05) is 31.2 Å². The van der Waals surface area contributed by atoms with E-state index in [2.05, 4.69) is 10.3 Å². The van der Waals surface area contributed by atoms with Gasteiger partial charge in [0.05, 0.1) is 6.20 Å². The summed E-state index contributed by atoms with van der Waals surface area (Å²) < 4.78 is 20.3. The van der Waals surface area contributed by atoms with E-state index in [1.165, 1.54) is 16.5 Å². The van der Waals surface area contributed by atoms with Crippen LogP contribution in [-0.2, 0) is 10.2 Å². The van der Waals surface area contributed by atoms with E-state index in [0.717, 1.165) is 18.4 Å². The van der Waals surface area contributed by atoms with Gasteiger partial charge in [-0.15, -0.1) is 0 Å². The number of fused-ring (bicyclic) bond motifs is 1. The highest BCUT2D eigenvalue weighted by Crippen LogP contribution is 2.36. The minimum Gasteiger partial charge on any atom is -0.381 e. The van der Waals surface area contributed by atoms with Crippen molar-refractivity contribution in [1.82, 2.24) is 9.38 Å². The number of aromatic nitrogens is 2. The van der Waals surface area contributed by atoms with E-state index in [1.807, 2.05) is 0 Å². The minimum absolute atomic E-state index is 0.0908. The largest absolute Gasteiger partial charge is 0.381 e. The highest BCUT2D eigenvalue weighted by Gasteiger charge is 2.35. The Kier molecular flexibility index (Phi) is 4.49. The summed E-state index contributed by atoms with van der Waals surface area (Å²) in [7, 11) is 0. The normalized spacial score (nSPS) is 16.3. The summed E-state index contributed by atoms with van der Waals surface area (Å²) in [4.78, 5) is 15.5. The maximum Gasteiger partial charge on any atom is 0.372 e. The van der Waals surface area contributed by atoms with Crippen molar-refractivity contribution in [2.45, 2.75) is 18.3 Å². The number of benzene rings is 1. The smallest absolute Gasteiger partial charge is 0.372 e. The first-order valence-corrected chi connectivity index (χ1v) is 8.78. The number of ether oxygens (including phenoxy) is 1. The zero-order chi connectivity index (χ0) is 18.9. The first-order valence-electron chi connectivity index (χ1n) is 8.78. The standard InChI is InChI=1S/C19H19FN4O3/c20-15-6-4-14(5-7-15)19(8-11-27-12-9-19)13-21-17-18(24(25)26)23-10-2-1-3-16(23)22-17/h1-7,10,21H,8-9,11-13H2. The minimum atomic E-state index is -0.434.